The van der Waals surface area contributed by atoms with Crippen LogP contribution in [0, 0.1) is 0 Å². The number of likely N-dealkylation sites (N-methyl/N-ethyl adjacent to an activating group) is 2. The second-order valence-electron chi connectivity index (χ2n) is 6.14. The number of likely N-dealkylation sites (tertiary alicyclic amines) is 1. The summed E-state index contributed by atoms with van der Waals surface area (Å²) in [5.74, 6) is 0. The van der Waals surface area contributed by atoms with Crippen molar-refractivity contribution >= 4 is 0 Å². The van der Waals surface area contributed by atoms with Crippen molar-refractivity contribution in [2.45, 2.75) is 32.2 Å². The molecule has 19 heavy (non-hydrogen) atoms. The average Bonchev–Trinajstić information content (AvgIpc) is 2.45. The fourth-order valence-electron chi connectivity index (χ4n) is 3.24. The van der Waals surface area contributed by atoms with Crippen LogP contribution in [0.25, 0.3) is 0 Å². The summed E-state index contributed by atoms with van der Waals surface area (Å²) in [4.78, 5) is 7.80. The van der Waals surface area contributed by atoms with Crippen LogP contribution in [-0.2, 0) is 0 Å². The van der Waals surface area contributed by atoms with E-state index in [0.717, 1.165) is 12.6 Å². The zero-order valence-electron chi connectivity index (χ0n) is 12.9. The van der Waals surface area contributed by atoms with E-state index in [1.54, 1.807) is 0 Å². The van der Waals surface area contributed by atoms with Crippen molar-refractivity contribution in [3.63, 3.8) is 0 Å². The van der Waals surface area contributed by atoms with Crippen LogP contribution in [0.3, 0.4) is 0 Å². The summed E-state index contributed by atoms with van der Waals surface area (Å²) in [6.45, 7) is 13.3. The Morgan fingerprint density at radius 3 is 2.53 bits per heavy atom. The molecule has 0 saturated carbocycles. The van der Waals surface area contributed by atoms with E-state index in [0.29, 0.717) is 0 Å². The van der Waals surface area contributed by atoms with E-state index in [-0.39, 0.29) is 0 Å². The van der Waals surface area contributed by atoms with Crippen molar-refractivity contribution in [3.8, 4) is 0 Å². The first-order chi connectivity index (χ1) is 9.29. The second kappa shape index (κ2) is 8.20. The van der Waals surface area contributed by atoms with Gasteiger partial charge >= 0.3 is 0 Å². The largest absolute Gasteiger partial charge is 0.315 e. The molecule has 0 spiro atoms. The Morgan fingerprint density at radius 1 is 1.00 bits per heavy atom. The van der Waals surface area contributed by atoms with Gasteiger partial charge in [0, 0.05) is 51.9 Å². The van der Waals surface area contributed by atoms with Gasteiger partial charge in [0.05, 0.1) is 0 Å². The minimum absolute atomic E-state index is 0.779. The topological polar surface area (TPSA) is 21.8 Å². The van der Waals surface area contributed by atoms with Gasteiger partial charge in [0.2, 0.25) is 0 Å². The van der Waals surface area contributed by atoms with Crippen LogP contribution in [0.2, 0.25) is 0 Å². The summed E-state index contributed by atoms with van der Waals surface area (Å²) < 4.78 is 0. The Labute approximate surface area is 119 Å². The molecule has 2 fully saturated rings. The van der Waals surface area contributed by atoms with Crippen LogP contribution in [0.5, 0.6) is 0 Å². The van der Waals surface area contributed by atoms with Crippen LogP contribution in [0.4, 0.5) is 0 Å². The van der Waals surface area contributed by atoms with Gasteiger partial charge < -0.3 is 10.2 Å². The monoisotopic (exact) mass is 268 g/mol. The Kier molecular flexibility index (Phi) is 6.57. The molecule has 0 aromatic heterocycles. The Bertz CT molecular complexity index is 238. The SMILES string of the molecule is CCNCC1CCCCN1CCN1CCN(C)CC1. The molecule has 4 heteroatoms. The van der Waals surface area contributed by atoms with Gasteiger partial charge in [-0.3, -0.25) is 9.80 Å². The van der Waals surface area contributed by atoms with E-state index in [2.05, 4.69) is 34.0 Å². The fourth-order valence-corrected chi connectivity index (χ4v) is 3.24. The minimum Gasteiger partial charge on any atom is -0.315 e. The molecular formula is C15H32N4. The number of piperidine rings is 1. The Hall–Kier alpha value is -0.160. The summed E-state index contributed by atoms with van der Waals surface area (Å²) in [6, 6.07) is 0.779. The maximum absolute atomic E-state index is 3.53. The van der Waals surface area contributed by atoms with Crippen molar-refractivity contribution in [1.29, 1.82) is 0 Å². The molecule has 0 aliphatic carbocycles. The maximum atomic E-state index is 3.53. The normalized spacial score (nSPS) is 27.8. The summed E-state index contributed by atoms with van der Waals surface area (Å²) in [6.07, 6.45) is 4.20. The highest BCUT2D eigenvalue weighted by Crippen LogP contribution is 2.16. The quantitative estimate of drug-likeness (QED) is 0.765. The van der Waals surface area contributed by atoms with E-state index in [9.17, 15) is 0 Å². The molecule has 1 atom stereocenters. The van der Waals surface area contributed by atoms with Gasteiger partial charge in [0.1, 0.15) is 0 Å². The number of nitrogens with zero attached hydrogens (tertiary/aromatic N) is 3. The van der Waals surface area contributed by atoms with E-state index in [1.807, 2.05) is 0 Å². The van der Waals surface area contributed by atoms with E-state index in [4.69, 9.17) is 0 Å². The standard InChI is InChI=1S/C15H32N4/c1-3-16-14-15-6-4-5-7-19(15)13-12-18-10-8-17(2)9-11-18/h15-16H,3-14H2,1-2H3. The fraction of sp³-hybridized carbons (Fsp3) is 1.00. The average molecular weight is 268 g/mol. The third-order valence-corrected chi connectivity index (χ3v) is 4.68. The first kappa shape index (κ1) is 15.2. The highest BCUT2D eigenvalue weighted by atomic mass is 15.3. The molecule has 0 aromatic rings. The number of hydrogen-bond donors (Lipinski definition) is 1. The number of piperazine rings is 1. The molecule has 0 radical (unpaired) electrons. The predicted octanol–water partition coefficient (Wildman–Crippen LogP) is 0.698. The molecular weight excluding hydrogens is 236 g/mol. The molecule has 2 heterocycles. The lowest BCUT2D eigenvalue weighted by molar-refractivity contribution is 0.101. The summed E-state index contributed by atoms with van der Waals surface area (Å²) >= 11 is 0. The van der Waals surface area contributed by atoms with Crippen LogP contribution >= 0.6 is 0 Å². The van der Waals surface area contributed by atoms with E-state index in [1.165, 1.54) is 71.6 Å². The zero-order valence-corrected chi connectivity index (χ0v) is 12.9. The molecule has 2 saturated heterocycles. The van der Waals surface area contributed by atoms with Gasteiger partial charge in [-0.25, -0.2) is 0 Å². The summed E-state index contributed by atoms with van der Waals surface area (Å²) in [5, 5.41) is 3.53. The lowest BCUT2D eigenvalue weighted by atomic mass is 10.0. The molecule has 1 N–H and O–H groups in total. The molecule has 0 amide bonds. The molecule has 112 valence electrons. The van der Waals surface area contributed by atoms with Crippen LogP contribution in [0.1, 0.15) is 26.2 Å². The highest BCUT2D eigenvalue weighted by Gasteiger charge is 2.22. The predicted molar refractivity (Wildman–Crippen MR) is 81.7 cm³/mol. The first-order valence-corrected chi connectivity index (χ1v) is 8.15. The smallest absolute Gasteiger partial charge is 0.0221 e. The third kappa shape index (κ3) is 5.03. The first-order valence-electron chi connectivity index (χ1n) is 8.15. The third-order valence-electron chi connectivity index (χ3n) is 4.68. The maximum Gasteiger partial charge on any atom is 0.0221 e. The van der Waals surface area contributed by atoms with Gasteiger partial charge in [0.15, 0.2) is 0 Å². The van der Waals surface area contributed by atoms with Gasteiger partial charge in [0.25, 0.3) is 0 Å². The molecule has 2 aliphatic rings. The van der Waals surface area contributed by atoms with Crippen LogP contribution < -0.4 is 5.32 Å². The number of hydrogen-bond acceptors (Lipinski definition) is 4. The molecule has 0 bridgehead atoms. The van der Waals surface area contributed by atoms with Gasteiger partial charge in [-0.15, -0.1) is 0 Å². The summed E-state index contributed by atoms with van der Waals surface area (Å²) in [7, 11) is 2.23. The lowest BCUT2D eigenvalue weighted by Gasteiger charge is -2.38. The second-order valence-corrected chi connectivity index (χ2v) is 6.14. The van der Waals surface area contributed by atoms with E-state index < -0.39 is 0 Å². The molecule has 4 nitrogen and oxygen atoms in total. The molecule has 0 aromatic carbocycles. The van der Waals surface area contributed by atoms with E-state index >= 15 is 0 Å². The van der Waals surface area contributed by atoms with Crippen LogP contribution in [0.15, 0.2) is 0 Å². The number of nitrogens with one attached hydrogen (secondary N) is 1. The molecule has 1 unspecified atom stereocenters. The van der Waals surface area contributed by atoms with Gasteiger partial charge in [-0.2, -0.15) is 0 Å². The minimum atomic E-state index is 0.779. The molecule has 2 aliphatic heterocycles. The summed E-state index contributed by atoms with van der Waals surface area (Å²) in [5.41, 5.74) is 0. The van der Waals surface area contributed by atoms with Crippen molar-refractivity contribution in [2.24, 2.45) is 0 Å². The number of rotatable bonds is 6. The van der Waals surface area contributed by atoms with Gasteiger partial charge in [-0.05, 0) is 33.0 Å². The van der Waals surface area contributed by atoms with Crippen LogP contribution in [-0.4, -0.2) is 86.7 Å². The van der Waals surface area contributed by atoms with Crippen molar-refractivity contribution < 1.29 is 0 Å². The molecule has 2 rings (SSSR count). The van der Waals surface area contributed by atoms with Crippen molar-refractivity contribution in [3.05, 3.63) is 0 Å². The zero-order chi connectivity index (χ0) is 13.5. The lowest BCUT2D eigenvalue weighted by Crippen LogP contribution is -2.51. The Balaban J connectivity index is 1.70. The Morgan fingerprint density at radius 2 is 1.79 bits per heavy atom. The highest BCUT2D eigenvalue weighted by molar-refractivity contribution is 4.80. The van der Waals surface area contributed by atoms with Gasteiger partial charge in [-0.1, -0.05) is 13.3 Å². The van der Waals surface area contributed by atoms with Crippen molar-refractivity contribution in [2.75, 3.05) is 66.0 Å². The van der Waals surface area contributed by atoms with Crippen molar-refractivity contribution in [1.82, 2.24) is 20.0 Å².